The maximum Gasteiger partial charge on any atom is 0.241 e. The monoisotopic (exact) mass is 308 g/mol. The third kappa shape index (κ3) is 4.74. The zero-order valence-corrected chi connectivity index (χ0v) is 13.6. The summed E-state index contributed by atoms with van der Waals surface area (Å²) in [6, 6.07) is 2.11. The molecular formula is C15H24N4OS. The van der Waals surface area contributed by atoms with E-state index in [1.807, 2.05) is 4.90 Å². The van der Waals surface area contributed by atoms with Crippen molar-refractivity contribution in [3.63, 3.8) is 0 Å². The molecule has 1 aromatic heterocycles. The Labute approximate surface area is 130 Å². The smallest absolute Gasteiger partial charge is 0.241 e. The summed E-state index contributed by atoms with van der Waals surface area (Å²) in [5.74, 6) is 0.832. The second kappa shape index (κ2) is 8.02. The number of thiophene rings is 1. The van der Waals surface area contributed by atoms with Crippen molar-refractivity contribution in [2.75, 3.05) is 26.7 Å². The molecule has 2 heterocycles. The normalized spacial score (nSPS) is 15.9. The van der Waals surface area contributed by atoms with Gasteiger partial charge in [0.15, 0.2) is 5.96 Å². The maximum absolute atomic E-state index is 12.1. The van der Waals surface area contributed by atoms with Gasteiger partial charge in [0.1, 0.15) is 0 Å². The average Bonchev–Trinajstić information content (AvgIpc) is 2.93. The standard InChI is InChI=1S/C15H24N4OS/c1-12-6-9-21-13(12)10-17-15(16-2)18-11-14(20)19-7-4-3-5-8-19/h6,9H,3-5,7-8,10-11H2,1-2H3,(H2,16,17,18). The highest BCUT2D eigenvalue weighted by atomic mass is 32.1. The lowest BCUT2D eigenvalue weighted by atomic mass is 10.1. The third-order valence-corrected chi connectivity index (χ3v) is 4.75. The number of nitrogens with one attached hydrogen (secondary N) is 2. The van der Waals surface area contributed by atoms with Crippen molar-refractivity contribution in [2.24, 2.45) is 4.99 Å². The molecule has 1 saturated heterocycles. The Morgan fingerprint density at radius 2 is 2.10 bits per heavy atom. The van der Waals surface area contributed by atoms with Crippen molar-refractivity contribution in [3.8, 4) is 0 Å². The topological polar surface area (TPSA) is 56.7 Å². The van der Waals surface area contributed by atoms with Gasteiger partial charge in [0.2, 0.25) is 5.91 Å². The van der Waals surface area contributed by atoms with Gasteiger partial charge in [-0.05, 0) is 43.2 Å². The zero-order valence-electron chi connectivity index (χ0n) is 12.8. The summed E-state index contributed by atoms with van der Waals surface area (Å²) in [6.45, 7) is 4.93. The summed E-state index contributed by atoms with van der Waals surface area (Å²) in [4.78, 5) is 19.5. The van der Waals surface area contributed by atoms with Crippen LogP contribution < -0.4 is 10.6 Å². The quantitative estimate of drug-likeness (QED) is 0.658. The minimum Gasteiger partial charge on any atom is -0.352 e. The van der Waals surface area contributed by atoms with Crippen LogP contribution >= 0.6 is 11.3 Å². The van der Waals surface area contributed by atoms with E-state index in [9.17, 15) is 4.79 Å². The van der Waals surface area contributed by atoms with Gasteiger partial charge < -0.3 is 15.5 Å². The van der Waals surface area contributed by atoms with Crippen molar-refractivity contribution in [2.45, 2.75) is 32.7 Å². The van der Waals surface area contributed by atoms with E-state index in [2.05, 4.69) is 34.0 Å². The van der Waals surface area contributed by atoms with E-state index in [0.29, 0.717) is 12.5 Å². The van der Waals surface area contributed by atoms with Crippen molar-refractivity contribution >= 4 is 23.2 Å². The molecule has 2 N–H and O–H groups in total. The molecule has 0 bridgehead atoms. The summed E-state index contributed by atoms with van der Waals surface area (Å²) >= 11 is 1.73. The number of hydrogen-bond acceptors (Lipinski definition) is 3. The van der Waals surface area contributed by atoms with Crippen LogP contribution in [0.3, 0.4) is 0 Å². The molecule has 6 heteroatoms. The number of likely N-dealkylation sites (tertiary alicyclic amines) is 1. The summed E-state index contributed by atoms with van der Waals surface area (Å²) < 4.78 is 0. The molecule has 0 saturated carbocycles. The first-order valence-corrected chi connectivity index (χ1v) is 8.34. The maximum atomic E-state index is 12.1. The third-order valence-electron chi connectivity index (χ3n) is 3.72. The Balaban J connectivity index is 1.74. The average molecular weight is 308 g/mol. The number of rotatable bonds is 4. The Hall–Kier alpha value is -1.56. The van der Waals surface area contributed by atoms with Crippen molar-refractivity contribution in [1.29, 1.82) is 0 Å². The Kier molecular flexibility index (Phi) is 6.04. The van der Waals surface area contributed by atoms with Gasteiger partial charge in [-0.2, -0.15) is 0 Å². The lowest BCUT2D eigenvalue weighted by Crippen LogP contribution is -2.45. The number of hydrogen-bond donors (Lipinski definition) is 2. The molecule has 1 aromatic rings. The number of amides is 1. The van der Waals surface area contributed by atoms with E-state index in [4.69, 9.17) is 0 Å². The lowest BCUT2D eigenvalue weighted by molar-refractivity contribution is -0.130. The molecule has 0 spiro atoms. The van der Waals surface area contributed by atoms with Crippen LogP contribution in [0.4, 0.5) is 0 Å². The highest BCUT2D eigenvalue weighted by Crippen LogP contribution is 2.14. The molecule has 1 fully saturated rings. The molecule has 116 valence electrons. The van der Waals surface area contributed by atoms with E-state index in [1.54, 1.807) is 18.4 Å². The van der Waals surface area contributed by atoms with E-state index in [-0.39, 0.29) is 5.91 Å². The summed E-state index contributed by atoms with van der Waals surface area (Å²) in [6.07, 6.45) is 3.48. The molecule has 0 unspecified atom stereocenters. The lowest BCUT2D eigenvalue weighted by Gasteiger charge is -2.27. The molecule has 0 aliphatic carbocycles. The molecule has 0 aromatic carbocycles. The van der Waals surface area contributed by atoms with Gasteiger partial charge in [-0.3, -0.25) is 9.79 Å². The predicted molar refractivity (Wildman–Crippen MR) is 87.7 cm³/mol. The molecule has 1 aliphatic heterocycles. The highest BCUT2D eigenvalue weighted by molar-refractivity contribution is 7.10. The van der Waals surface area contributed by atoms with Crippen LogP contribution in [-0.4, -0.2) is 43.4 Å². The first-order valence-electron chi connectivity index (χ1n) is 7.46. The van der Waals surface area contributed by atoms with Crippen LogP contribution in [0.25, 0.3) is 0 Å². The van der Waals surface area contributed by atoms with Gasteiger partial charge in [0.05, 0.1) is 13.1 Å². The number of carbonyl (C=O) groups is 1. The van der Waals surface area contributed by atoms with Crippen LogP contribution in [-0.2, 0) is 11.3 Å². The minimum absolute atomic E-state index is 0.157. The van der Waals surface area contributed by atoms with Gasteiger partial charge in [0.25, 0.3) is 0 Å². The Morgan fingerprint density at radius 1 is 1.33 bits per heavy atom. The predicted octanol–water partition coefficient (Wildman–Crippen LogP) is 1.73. The Bertz CT molecular complexity index is 492. The largest absolute Gasteiger partial charge is 0.352 e. The van der Waals surface area contributed by atoms with Gasteiger partial charge >= 0.3 is 0 Å². The van der Waals surface area contributed by atoms with Crippen LogP contribution in [0.15, 0.2) is 16.4 Å². The molecule has 1 amide bonds. The summed E-state index contributed by atoms with van der Waals surface area (Å²) in [5.41, 5.74) is 1.28. The summed E-state index contributed by atoms with van der Waals surface area (Å²) in [5, 5.41) is 8.44. The Morgan fingerprint density at radius 3 is 2.71 bits per heavy atom. The van der Waals surface area contributed by atoms with Crippen molar-refractivity contribution in [1.82, 2.24) is 15.5 Å². The molecule has 0 atom stereocenters. The van der Waals surface area contributed by atoms with Gasteiger partial charge in [-0.15, -0.1) is 11.3 Å². The highest BCUT2D eigenvalue weighted by Gasteiger charge is 2.16. The second-order valence-corrected chi connectivity index (χ2v) is 6.25. The second-order valence-electron chi connectivity index (χ2n) is 5.25. The van der Waals surface area contributed by atoms with E-state index in [1.165, 1.54) is 16.9 Å². The fourth-order valence-corrected chi connectivity index (χ4v) is 3.23. The van der Waals surface area contributed by atoms with E-state index >= 15 is 0 Å². The SMILES string of the molecule is CN=C(NCC(=O)N1CCCCC1)NCc1sccc1C. The first kappa shape index (κ1) is 15.8. The number of piperidine rings is 1. The molecule has 5 nitrogen and oxygen atoms in total. The fourth-order valence-electron chi connectivity index (χ4n) is 2.38. The number of guanidine groups is 1. The number of carbonyl (C=O) groups excluding carboxylic acids is 1. The number of aryl methyl sites for hydroxylation is 1. The van der Waals surface area contributed by atoms with Gasteiger partial charge in [-0.25, -0.2) is 0 Å². The minimum atomic E-state index is 0.157. The molecule has 21 heavy (non-hydrogen) atoms. The molecule has 1 aliphatic rings. The first-order chi connectivity index (χ1) is 10.2. The number of aliphatic imine (C=N–C) groups is 1. The number of nitrogens with zero attached hydrogens (tertiary/aromatic N) is 2. The molecule has 0 radical (unpaired) electrons. The van der Waals surface area contributed by atoms with Gasteiger partial charge in [0, 0.05) is 25.0 Å². The van der Waals surface area contributed by atoms with E-state index < -0.39 is 0 Å². The van der Waals surface area contributed by atoms with Crippen LogP contribution in [0.1, 0.15) is 29.7 Å². The van der Waals surface area contributed by atoms with Crippen LogP contribution in [0.5, 0.6) is 0 Å². The van der Waals surface area contributed by atoms with Crippen LogP contribution in [0.2, 0.25) is 0 Å². The van der Waals surface area contributed by atoms with Crippen LogP contribution in [0, 0.1) is 6.92 Å². The fraction of sp³-hybridized carbons (Fsp3) is 0.600. The van der Waals surface area contributed by atoms with E-state index in [0.717, 1.165) is 32.5 Å². The van der Waals surface area contributed by atoms with Gasteiger partial charge in [-0.1, -0.05) is 0 Å². The molecular weight excluding hydrogens is 284 g/mol. The van der Waals surface area contributed by atoms with Crippen molar-refractivity contribution in [3.05, 3.63) is 21.9 Å². The summed E-state index contributed by atoms with van der Waals surface area (Å²) in [7, 11) is 1.72. The zero-order chi connectivity index (χ0) is 15.1. The van der Waals surface area contributed by atoms with Crippen molar-refractivity contribution < 1.29 is 4.79 Å². The molecule has 2 rings (SSSR count).